The van der Waals surface area contributed by atoms with Crippen LogP contribution in [0.25, 0.3) is 0 Å². The second-order valence-electron chi connectivity index (χ2n) is 6.46. The van der Waals surface area contributed by atoms with Gasteiger partial charge in [-0.15, -0.1) is 11.8 Å². The van der Waals surface area contributed by atoms with Crippen LogP contribution in [-0.4, -0.2) is 54.7 Å². The molecule has 1 amide bonds. The van der Waals surface area contributed by atoms with Crippen LogP contribution >= 0.6 is 23.4 Å². The molecule has 3 rings (SSSR count). The third kappa shape index (κ3) is 5.74. The van der Waals surface area contributed by atoms with Crippen LogP contribution in [-0.2, 0) is 11.3 Å². The summed E-state index contributed by atoms with van der Waals surface area (Å²) >= 11 is 7.63. The summed E-state index contributed by atoms with van der Waals surface area (Å²) in [5, 5.41) is 3.75. The Hall–Kier alpha value is -1.53. The summed E-state index contributed by atoms with van der Waals surface area (Å²) in [4.78, 5) is 18.1. The number of hydrogen-bond donors (Lipinski definition) is 1. The number of thioether (sulfide) groups is 1. The van der Waals surface area contributed by atoms with Gasteiger partial charge in [0.1, 0.15) is 0 Å². The average Bonchev–Trinajstić information content (AvgIpc) is 2.66. The van der Waals surface area contributed by atoms with Gasteiger partial charge in [-0.3, -0.25) is 14.6 Å². The molecule has 138 valence electrons. The number of benzene rings is 2. The molecular formula is C20H24ClN3OS. The second-order valence-corrected chi connectivity index (χ2v) is 7.77. The van der Waals surface area contributed by atoms with Gasteiger partial charge in [0.25, 0.3) is 0 Å². The monoisotopic (exact) mass is 389 g/mol. The molecule has 0 atom stereocenters. The molecule has 0 aromatic heterocycles. The van der Waals surface area contributed by atoms with Gasteiger partial charge in [0.15, 0.2) is 0 Å². The maximum Gasteiger partial charge on any atom is 0.238 e. The Balaban J connectivity index is 1.41. The van der Waals surface area contributed by atoms with E-state index in [-0.39, 0.29) is 5.91 Å². The average molecular weight is 390 g/mol. The predicted octanol–water partition coefficient (Wildman–Crippen LogP) is 3.82. The van der Waals surface area contributed by atoms with E-state index < -0.39 is 0 Å². The van der Waals surface area contributed by atoms with Crippen LogP contribution in [0.1, 0.15) is 5.56 Å². The normalized spacial score (nSPS) is 15.8. The number of nitrogens with zero attached hydrogens (tertiary/aromatic N) is 2. The quantitative estimate of drug-likeness (QED) is 0.762. The van der Waals surface area contributed by atoms with E-state index in [1.807, 2.05) is 42.7 Å². The van der Waals surface area contributed by atoms with Gasteiger partial charge in [-0.2, -0.15) is 0 Å². The molecule has 1 aliphatic heterocycles. The molecule has 1 fully saturated rings. The van der Waals surface area contributed by atoms with Crippen LogP contribution in [0.2, 0.25) is 5.02 Å². The summed E-state index contributed by atoms with van der Waals surface area (Å²) in [6, 6.07) is 16.0. The highest BCUT2D eigenvalue weighted by atomic mass is 35.5. The fourth-order valence-electron chi connectivity index (χ4n) is 3.03. The lowest BCUT2D eigenvalue weighted by Gasteiger charge is -2.34. The smallest absolute Gasteiger partial charge is 0.238 e. The summed E-state index contributed by atoms with van der Waals surface area (Å²) in [6.07, 6.45) is 2.04. The molecule has 1 saturated heterocycles. The number of rotatable bonds is 6. The Morgan fingerprint density at radius 3 is 2.23 bits per heavy atom. The zero-order chi connectivity index (χ0) is 18.4. The van der Waals surface area contributed by atoms with Crippen LogP contribution in [0.15, 0.2) is 53.4 Å². The largest absolute Gasteiger partial charge is 0.325 e. The van der Waals surface area contributed by atoms with Gasteiger partial charge in [-0.1, -0.05) is 23.7 Å². The number of carbonyl (C=O) groups is 1. The molecule has 0 unspecified atom stereocenters. The third-order valence-electron chi connectivity index (χ3n) is 4.53. The van der Waals surface area contributed by atoms with Crippen LogP contribution in [0.5, 0.6) is 0 Å². The van der Waals surface area contributed by atoms with Gasteiger partial charge in [0.2, 0.25) is 5.91 Å². The first-order chi connectivity index (χ1) is 12.6. The molecule has 0 aliphatic carbocycles. The molecule has 1 aliphatic rings. The molecule has 2 aromatic carbocycles. The van der Waals surface area contributed by atoms with Crippen molar-refractivity contribution in [3.8, 4) is 0 Å². The fourth-order valence-corrected chi connectivity index (χ4v) is 3.57. The SMILES string of the molecule is CSc1ccc(NC(=O)CN2CCN(Cc3ccc(Cl)cc3)CC2)cc1. The van der Waals surface area contributed by atoms with Gasteiger partial charge in [-0.05, 0) is 48.2 Å². The molecule has 26 heavy (non-hydrogen) atoms. The molecule has 0 radical (unpaired) electrons. The zero-order valence-electron chi connectivity index (χ0n) is 15.0. The van der Waals surface area contributed by atoms with E-state index >= 15 is 0 Å². The first kappa shape index (κ1) is 19.2. The van der Waals surface area contributed by atoms with Crippen molar-refractivity contribution in [3.63, 3.8) is 0 Å². The van der Waals surface area contributed by atoms with Gasteiger partial charge in [0, 0.05) is 48.3 Å². The van der Waals surface area contributed by atoms with Crippen LogP contribution in [0, 0.1) is 0 Å². The molecule has 4 nitrogen and oxygen atoms in total. The van der Waals surface area contributed by atoms with Gasteiger partial charge < -0.3 is 5.32 Å². The Labute approximate surface area is 164 Å². The van der Waals surface area contributed by atoms with Crippen LogP contribution in [0.4, 0.5) is 5.69 Å². The predicted molar refractivity (Wildman–Crippen MR) is 110 cm³/mol. The minimum Gasteiger partial charge on any atom is -0.325 e. The first-order valence-electron chi connectivity index (χ1n) is 8.75. The number of piperazine rings is 1. The highest BCUT2D eigenvalue weighted by molar-refractivity contribution is 7.98. The number of hydrogen-bond acceptors (Lipinski definition) is 4. The van der Waals surface area contributed by atoms with E-state index in [1.54, 1.807) is 11.8 Å². The lowest BCUT2D eigenvalue weighted by atomic mass is 10.2. The van der Waals surface area contributed by atoms with Crippen molar-refractivity contribution in [1.29, 1.82) is 0 Å². The van der Waals surface area contributed by atoms with E-state index in [1.165, 1.54) is 10.5 Å². The van der Waals surface area contributed by atoms with Crippen LogP contribution < -0.4 is 5.32 Å². The Morgan fingerprint density at radius 1 is 1.00 bits per heavy atom. The van der Waals surface area contributed by atoms with Gasteiger partial charge in [-0.25, -0.2) is 0 Å². The Kier molecular flexibility index (Phi) is 6.97. The minimum atomic E-state index is 0.0491. The molecule has 2 aromatic rings. The van der Waals surface area contributed by atoms with Crippen molar-refractivity contribution in [2.45, 2.75) is 11.4 Å². The maximum atomic E-state index is 12.3. The number of amides is 1. The van der Waals surface area contributed by atoms with Crippen molar-refractivity contribution < 1.29 is 4.79 Å². The molecule has 0 spiro atoms. The van der Waals surface area contributed by atoms with Crippen molar-refractivity contribution in [2.75, 3.05) is 44.3 Å². The molecule has 1 N–H and O–H groups in total. The molecule has 1 heterocycles. The van der Waals surface area contributed by atoms with E-state index in [9.17, 15) is 4.79 Å². The highest BCUT2D eigenvalue weighted by Crippen LogP contribution is 2.17. The highest BCUT2D eigenvalue weighted by Gasteiger charge is 2.19. The molecule has 6 heteroatoms. The number of halogens is 1. The van der Waals surface area contributed by atoms with Crippen molar-refractivity contribution in [1.82, 2.24) is 9.80 Å². The third-order valence-corrected chi connectivity index (χ3v) is 5.52. The van der Waals surface area contributed by atoms with E-state index in [0.29, 0.717) is 6.54 Å². The standard InChI is InChI=1S/C20H24ClN3OS/c1-26-19-8-6-18(7-9-19)22-20(25)15-24-12-10-23(11-13-24)14-16-2-4-17(21)5-3-16/h2-9H,10-15H2,1H3,(H,22,25). The Bertz CT molecular complexity index is 713. The molecular weight excluding hydrogens is 366 g/mol. The molecule has 0 saturated carbocycles. The minimum absolute atomic E-state index is 0.0491. The van der Waals surface area contributed by atoms with Crippen molar-refractivity contribution >= 4 is 35.0 Å². The number of anilines is 1. The first-order valence-corrected chi connectivity index (χ1v) is 10.4. The fraction of sp³-hybridized carbons (Fsp3) is 0.350. The van der Waals surface area contributed by atoms with E-state index in [2.05, 4.69) is 27.2 Å². The second kappa shape index (κ2) is 9.42. The van der Waals surface area contributed by atoms with Crippen LogP contribution in [0.3, 0.4) is 0 Å². The zero-order valence-corrected chi connectivity index (χ0v) is 16.5. The lowest BCUT2D eigenvalue weighted by molar-refractivity contribution is -0.117. The summed E-state index contributed by atoms with van der Waals surface area (Å²) < 4.78 is 0. The van der Waals surface area contributed by atoms with Gasteiger partial charge in [0.05, 0.1) is 6.54 Å². The number of carbonyl (C=O) groups excluding carboxylic acids is 1. The lowest BCUT2D eigenvalue weighted by Crippen LogP contribution is -2.48. The summed E-state index contributed by atoms with van der Waals surface area (Å²) in [5.74, 6) is 0.0491. The van der Waals surface area contributed by atoms with Gasteiger partial charge >= 0.3 is 0 Å². The Morgan fingerprint density at radius 2 is 1.62 bits per heavy atom. The molecule has 0 bridgehead atoms. The topological polar surface area (TPSA) is 35.6 Å². The summed E-state index contributed by atoms with van der Waals surface area (Å²) in [5.41, 5.74) is 2.13. The summed E-state index contributed by atoms with van der Waals surface area (Å²) in [7, 11) is 0. The van der Waals surface area contributed by atoms with Crippen molar-refractivity contribution in [3.05, 3.63) is 59.1 Å². The number of nitrogens with one attached hydrogen (secondary N) is 1. The maximum absolute atomic E-state index is 12.3. The summed E-state index contributed by atoms with van der Waals surface area (Å²) in [6.45, 7) is 5.13. The van der Waals surface area contributed by atoms with E-state index in [0.717, 1.165) is 43.4 Å². The van der Waals surface area contributed by atoms with E-state index in [4.69, 9.17) is 11.6 Å². The van der Waals surface area contributed by atoms with Crippen molar-refractivity contribution in [2.24, 2.45) is 0 Å².